The number of hydrogen-bond acceptors (Lipinski definition) is 4. The summed E-state index contributed by atoms with van der Waals surface area (Å²) in [5, 5.41) is 0. The molecule has 5 heteroatoms. The molecule has 19 heavy (non-hydrogen) atoms. The number of nitrogens with two attached hydrogens (primary N) is 1. The normalized spacial score (nSPS) is 18.3. The molecule has 0 saturated carbocycles. The molecule has 2 N–H and O–H groups in total. The van der Waals surface area contributed by atoms with Gasteiger partial charge >= 0.3 is 0 Å². The average Bonchev–Trinajstić information content (AvgIpc) is 2.46. The Hall–Kier alpha value is -1.62. The monoisotopic (exact) mass is 262 g/mol. The van der Waals surface area contributed by atoms with Crippen molar-refractivity contribution < 1.29 is 4.79 Å². The van der Waals surface area contributed by atoms with Gasteiger partial charge in [0.25, 0.3) is 5.91 Å². The third kappa shape index (κ3) is 3.04. The van der Waals surface area contributed by atoms with Crippen molar-refractivity contribution in [1.29, 1.82) is 0 Å². The molecule has 104 valence electrons. The minimum atomic E-state index is -0.00518. The van der Waals surface area contributed by atoms with Crippen LogP contribution in [0.3, 0.4) is 0 Å². The Bertz CT molecular complexity index is 441. The molecule has 1 saturated heterocycles. The summed E-state index contributed by atoms with van der Waals surface area (Å²) in [4.78, 5) is 20.6. The van der Waals surface area contributed by atoms with Crippen LogP contribution in [0.2, 0.25) is 0 Å². The Kier molecular flexibility index (Phi) is 4.37. The van der Waals surface area contributed by atoms with Crippen molar-refractivity contribution in [3.8, 4) is 0 Å². The van der Waals surface area contributed by atoms with Crippen molar-refractivity contribution in [2.75, 3.05) is 31.9 Å². The van der Waals surface area contributed by atoms with Gasteiger partial charge in [0.1, 0.15) is 0 Å². The molecular formula is C14H22N4O. The maximum atomic E-state index is 12.4. The zero-order valence-electron chi connectivity index (χ0n) is 11.7. The molecule has 5 nitrogen and oxygen atoms in total. The number of carbonyl (C=O) groups is 1. The lowest BCUT2D eigenvalue weighted by Crippen LogP contribution is -2.51. The van der Waals surface area contributed by atoms with E-state index in [1.807, 2.05) is 4.90 Å². The third-order valence-corrected chi connectivity index (χ3v) is 3.90. The molecule has 0 bridgehead atoms. The van der Waals surface area contributed by atoms with Crippen molar-refractivity contribution in [2.24, 2.45) is 0 Å². The standard InChI is InChI=1S/C14H22N4O/c1-3-11(2)17-6-8-18(9-7-17)14(19)12-10-16-5-4-13(12)15/h4-5,10-11H,3,6-9H2,1-2H3,(H2,15,16). The summed E-state index contributed by atoms with van der Waals surface area (Å²) in [6.07, 6.45) is 4.30. The molecule has 0 radical (unpaired) electrons. The minimum absolute atomic E-state index is 0.00518. The van der Waals surface area contributed by atoms with Gasteiger partial charge in [0.05, 0.1) is 5.56 Å². The number of carbonyl (C=O) groups excluding carboxylic acids is 1. The molecular weight excluding hydrogens is 240 g/mol. The second-order valence-electron chi connectivity index (χ2n) is 5.05. The van der Waals surface area contributed by atoms with Crippen LogP contribution in [0.15, 0.2) is 18.5 Å². The Morgan fingerprint density at radius 2 is 2.11 bits per heavy atom. The van der Waals surface area contributed by atoms with Crippen LogP contribution in [0.1, 0.15) is 30.6 Å². The Labute approximate surface area is 114 Å². The summed E-state index contributed by atoms with van der Waals surface area (Å²) in [5.41, 5.74) is 6.84. The largest absolute Gasteiger partial charge is 0.398 e. The number of hydrogen-bond donors (Lipinski definition) is 1. The molecule has 0 aliphatic carbocycles. The second-order valence-corrected chi connectivity index (χ2v) is 5.05. The van der Waals surface area contributed by atoms with E-state index in [-0.39, 0.29) is 5.91 Å². The van der Waals surface area contributed by atoms with Crippen LogP contribution in [0.25, 0.3) is 0 Å². The average molecular weight is 262 g/mol. The summed E-state index contributed by atoms with van der Waals surface area (Å²) in [5.74, 6) is -0.00518. The zero-order chi connectivity index (χ0) is 13.8. The summed E-state index contributed by atoms with van der Waals surface area (Å²) < 4.78 is 0. The fourth-order valence-corrected chi connectivity index (χ4v) is 2.38. The topological polar surface area (TPSA) is 62.5 Å². The van der Waals surface area contributed by atoms with Gasteiger partial charge in [-0.05, 0) is 19.4 Å². The number of amides is 1. The molecule has 1 amide bonds. The molecule has 1 unspecified atom stereocenters. The molecule has 1 aliphatic heterocycles. The molecule has 2 heterocycles. The lowest BCUT2D eigenvalue weighted by atomic mass is 10.1. The Morgan fingerprint density at radius 1 is 1.42 bits per heavy atom. The van der Waals surface area contributed by atoms with E-state index in [9.17, 15) is 4.79 Å². The smallest absolute Gasteiger partial charge is 0.257 e. The molecule has 1 atom stereocenters. The van der Waals surface area contributed by atoms with Crippen LogP contribution in [-0.4, -0.2) is 52.9 Å². The highest BCUT2D eigenvalue weighted by molar-refractivity contribution is 5.98. The lowest BCUT2D eigenvalue weighted by molar-refractivity contribution is 0.0580. The van der Waals surface area contributed by atoms with E-state index in [4.69, 9.17) is 5.73 Å². The fourth-order valence-electron chi connectivity index (χ4n) is 2.38. The van der Waals surface area contributed by atoms with E-state index in [1.54, 1.807) is 18.5 Å². The number of piperazine rings is 1. The number of aromatic nitrogens is 1. The van der Waals surface area contributed by atoms with Crippen LogP contribution in [0.4, 0.5) is 5.69 Å². The van der Waals surface area contributed by atoms with Crippen molar-refractivity contribution in [3.05, 3.63) is 24.0 Å². The first-order chi connectivity index (χ1) is 9.13. The van der Waals surface area contributed by atoms with Gasteiger partial charge in [-0.1, -0.05) is 6.92 Å². The van der Waals surface area contributed by atoms with Gasteiger partial charge in [-0.3, -0.25) is 14.7 Å². The first kappa shape index (κ1) is 13.8. The lowest BCUT2D eigenvalue weighted by Gasteiger charge is -2.37. The van der Waals surface area contributed by atoms with Gasteiger partial charge in [-0.15, -0.1) is 0 Å². The zero-order valence-corrected chi connectivity index (χ0v) is 11.7. The number of pyridine rings is 1. The number of rotatable bonds is 3. The molecule has 1 aromatic heterocycles. The van der Waals surface area contributed by atoms with Crippen LogP contribution in [0.5, 0.6) is 0 Å². The van der Waals surface area contributed by atoms with E-state index in [0.29, 0.717) is 17.3 Å². The maximum Gasteiger partial charge on any atom is 0.257 e. The highest BCUT2D eigenvalue weighted by Crippen LogP contribution is 2.15. The molecule has 0 aromatic carbocycles. The van der Waals surface area contributed by atoms with Gasteiger partial charge < -0.3 is 10.6 Å². The van der Waals surface area contributed by atoms with Crippen molar-refractivity contribution >= 4 is 11.6 Å². The van der Waals surface area contributed by atoms with E-state index in [0.717, 1.165) is 32.6 Å². The first-order valence-corrected chi connectivity index (χ1v) is 6.86. The van der Waals surface area contributed by atoms with Crippen LogP contribution >= 0.6 is 0 Å². The second kappa shape index (κ2) is 6.02. The van der Waals surface area contributed by atoms with Crippen LogP contribution < -0.4 is 5.73 Å². The van der Waals surface area contributed by atoms with E-state index < -0.39 is 0 Å². The summed E-state index contributed by atoms with van der Waals surface area (Å²) in [6.45, 7) is 7.81. The molecule has 1 aliphatic rings. The first-order valence-electron chi connectivity index (χ1n) is 6.86. The quantitative estimate of drug-likeness (QED) is 0.889. The third-order valence-electron chi connectivity index (χ3n) is 3.90. The highest BCUT2D eigenvalue weighted by Gasteiger charge is 2.25. The molecule has 0 spiro atoms. The van der Waals surface area contributed by atoms with Crippen molar-refractivity contribution in [3.63, 3.8) is 0 Å². The van der Waals surface area contributed by atoms with E-state index >= 15 is 0 Å². The molecule has 2 rings (SSSR count). The van der Waals surface area contributed by atoms with Crippen LogP contribution in [0, 0.1) is 0 Å². The van der Waals surface area contributed by atoms with Crippen LogP contribution in [-0.2, 0) is 0 Å². The molecule has 1 fully saturated rings. The van der Waals surface area contributed by atoms with Crippen molar-refractivity contribution in [1.82, 2.24) is 14.8 Å². The van der Waals surface area contributed by atoms with Crippen molar-refractivity contribution in [2.45, 2.75) is 26.3 Å². The van der Waals surface area contributed by atoms with E-state index in [1.165, 1.54) is 0 Å². The number of nitrogen functional groups attached to an aromatic ring is 1. The SMILES string of the molecule is CCC(C)N1CCN(C(=O)c2cnccc2N)CC1. The summed E-state index contributed by atoms with van der Waals surface area (Å²) in [6, 6.07) is 2.25. The minimum Gasteiger partial charge on any atom is -0.398 e. The highest BCUT2D eigenvalue weighted by atomic mass is 16.2. The maximum absolute atomic E-state index is 12.4. The number of anilines is 1. The molecule has 1 aromatic rings. The fraction of sp³-hybridized carbons (Fsp3) is 0.571. The Morgan fingerprint density at radius 3 is 2.68 bits per heavy atom. The van der Waals surface area contributed by atoms with Gasteiger partial charge in [-0.2, -0.15) is 0 Å². The summed E-state index contributed by atoms with van der Waals surface area (Å²) >= 11 is 0. The predicted octanol–water partition coefficient (Wildman–Crippen LogP) is 1.22. The number of nitrogens with zero attached hydrogens (tertiary/aromatic N) is 3. The van der Waals surface area contributed by atoms with E-state index in [2.05, 4.69) is 23.7 Å². The summed E-state index contributed by atoms with van der Waals surface area (Å²) in [7, 11) is 0. The van der Waals surface area contributed by atoms with Gasteiger partial charge in [-0.25, -0.2) is 0 Å². The predicted molar refractivity (Wildman–Crippen MR) is 75.9 cm³/mol. The Balaban J connectivity index is 1.98. The van der Waals surface area contributed by atoms with Gasteiger partial charge in [0.15, 0.2) is 0 Å². The van der Waals surface area contributed by atoms with Gasteiger partial charge in [0.2, 0.25) is 0 Å². The van der Waals surface area contributed by atoms with Gasteiger partial charge in [0, 0.05) is 50.3 Å².